The van der Waals surface area contributed by atoms with Gasteiger partial charge in [-0.05, 0) is 44.9 Å². The first kappa shape index (κ1) is 14.6. The molecule has 0 bridgehead atoms. The van der Waals surface area contributed by atoms with E-state index in [0.717, 1.165) is 38.4 Å². The van der Waals surface area contributed by atoms with Gasteiger partial charge in [0.15, 0.2) is 0 Å². The lowest BCUT2D eigenvalue weighted by Crippen LogP contribution is -2.20. The zero-order valence-corrected chi connectivity index (χ0v) is 10.7. The van der Waals surface area contributed by atoms with E-state index in [1.54, 1.807) is 0 Å². The number of rotatable bonds is 8. The standard InChI is InChI=1S/C13H26O2/c1-12(2,8-5-6-11-14)9-7-10-13(3,4)15/h11,15H,5-10H2,1-4H3. The second kappa shape index (κ2) is 6.26. The van der Waals surface area contributed by atoms with Crippen LogP contribution in [0.15, 0.2) is 0 Å². The number of aldehydes is 1. The summed E-state index contributed by atoms with van der Waals surface area (Å²) in [6.45, 7) is 8.18. The fourth-order valence-electron chi connectivity index (χ4n) is 1.79. The van der Waals surface area contributed by atoms with E-state index in [0.29, 0.717) is 11.8 Å². The molecule has 0 radical (unpaired) electrons. The van der Waals surface area contributed by atoms with Crippen molar-refractivity contribution in [1.82, 2.24) is 0 Å². The number of unbranched alkanes of at least 4 members (excludes halogenated alkanes) is 1. The summed E-state index contributed by atoms with van der Waals surface area (Å²) in [5, 5.41) is 9.58. The number of carbonyl (C=O) groups is 1. The molecule has 0 amide bonds. The van der Waals surface area contributed by atoms with E-state index in [9.17, 15) is 9.90 Å². The van der Waals surface area contributed by atoms with Crippen molar-refractivity contribution in [1.29, 1.82) is 0 Å². The lowest BCUT2D eigenvalue weighted by molar-refractivity contribution is -0.108. The zero-order valence-electron chi connectivity index (χ0n) is 10.7. The maximum Gasteiger partial charge on any atom is 0.119 e. The highest BCUT2D eigenvalue weighted by atomic mass is 16.3. The highest BCUT2D eigenvalue weighted by molar-refractivity contribution is 5.48. The van der Waals surface area contributed by atoms with E-state index in [1.807, 2.05) is 13.8 Å². The van der Waals surface area contributed by atoms with E-state index in [4.69, 9.17) is 0 Å². The molecule has 0 aliphatic rings. The molecule has 0 saturated carbocycles. The zero-order chi connectivity index (χ0) is 11.9. The summed E-state index contributed by atoms with van der Waals surface area (Å²) in [5.74, 6) is 0. The molecule has 0 atom stereocenters. The molecule has 0 spiro atoms. The number of hydrogen-bond donors (Lipinski definition) is 1. The molecule has 0 aromatic heterocycles. The molecule has 0 aliphatic carbocycles. The number of carbonyl (C=O) groups excluding carboxylic acids is 1. The average Bonchev–Trinajstić information content (AvgIpc) is 2.01. The molecule has 0 unspecified atom stereocenters. The quantitative estimate of drug-likeness (QED) is 0.497. The number of hydrogen-bond acceptors (Lipinski definition) is 2. The van der Waals surface area contributed by atoms with Gasteiger partial charge in [-0.2, -0.15) is 0 Å². The van der Waals surface area contributed by atoms with Crippen LogP contribution < -0.4 is 0 Å². The molecule has 0 aliphatic heterocycles. The van der Waals surface area contributed by atoms with Crippen molar-refractivity contribution in [2.24, 2.45) is 5.41 Å². The lowest BCUT2D eigenvalue weighted by Gasteiger charge is -2.26. The molecule has 2 nitrogen and oxygen atoms in total. The average molecular weight is 214 g/mol. The van der Waals surface area contributed by atoms with Gasteiger partial charge < -0.3 is 9.90 Å². The van der Waals surface area contributed by atoms with Gasteiger partial charge in [0.2, 0.25) is 0 Å². The van der Waals surface area contributed by atoms with E-state index < -0.39 is 5.60 Å². The Bertz CT molecular complexity index is 177. The molecule has 0 rings (SSSR count). The Kier molecular flexibility index (Phi) is 6.11. The molecular formula is C13H26O2. The van der Waals surface area contributed by atoms with Crippen LogP contribution in [-0.2, 0) is 4.79 Å². The Morgan fingerprint density at radius 2 is 1.53 bits per heavy atom. The van der Waals surface area contributed by atoms with E-state index >= 15 is 0 Å². The minimum Gasteiger partial charge on any atom is -0.390 e. The van der Waals surface area contributed by atoms with E-state index in [1.165, 1.54) is 0 Å². The van der Waals surface area contributed by atoms with Crippen LogP contribution in [0.5, 0.6) is 0 Å². The molecule has 0 aromatic rings. The summed E-state index contributed by atoms with van der Waals surface area (Å²) in [4.78, 5) is 10.2. The maximum absolute atomic E-state index is 10.2. The molecule has 90 valence electrons. The summed E-state index contributed by atoms with van der Waals surface area (Å²) in [6, 6.07) is 0. The van der Waals surface area contributed by atoms with Crippen LogP contribution in [0.4, 0.5) is 0 Å². The Balaban J connectivity index is 3.68. The van der Waals surface area contributed by atoms with E-state index in [-0.39, 0.29) is 0 Å². The van der Waals surface area contributed by atoms with Gasteiger partial charge >= 0.3 is 0 Å². The lowest BCUT2D eigenvalue weighted by atomic mass is 9.81. The van der Waals surface area contributed by atoms with Crippen LogP contribution in [-0.4, -0.2) is 17.0 Å². The van der Waals surface area contributed by atoms with Gasteiger partial charge in [0.25, 0.3) is 0 Å². The van der Waals surface area contributed by atoms with Gasteiger partial charge in [-0.25, -0.2) is 0 Å². The Morgan fingerprint density at radius 3 is 2.00 bits per heavy atom. The van der Waals surface area contributed by atoms with Crippen molar-refractivity contribution >= 4 is 6.29 Å². The highest BCUT2D eigenvalue weighted by Gasteiger charge is 2.19. The van der Waals surface area contributed by atoms with Crippen LogP contribution >= 0.6 is 0 Å². The number of aliphatic hydroxyl groups is 1. The van der Waals surface area contributed by atoms with E-state index in [2.05, 4.69) is 13.8 Å². The van der Waals surface area contributed by atoms with Gasteiger partial charge in [0.05, 0.1) is 5.60 Å². The normalized spacial score (nSPS) is 12.9. The third kappa shape index (κ3) is 9.92. The third-order valence-corrected chi connectivity index (χ3v) is 2.82. The molecule has 0 fully saturated rings. The van der Waals surface area contributed by atoms with Crippen LogP contribution in [0, 0.1) is 5.41 Å². The predicted octanol–water partition coefficient (Wildman–Crippen LogP) is 3.32. The molecule has 1 N–H and O–H groups in total. The van der Waals surface area contributed by atoms with Crippen LogP contribution in [0.1, 0.15) is 66.2 Å². The van der Waals surface area contributed by atoms with Crippen molar-refractivity contribution in [3.05, 3.63) is 0 Å². The summed E-state index contributed by atoms with van der Waals surface area (Å²) in [5.41, 5.74) is -0.243. The SMILES string of the molecule is CC(C)(O)CCCC(C)(C)CCCC=O. The first-order chi connectivity index (χ1) is 6.77. The summed E-state index contributed by atoms with van der Waals surface area (Å²) in [6.07, 6.45) is 6.77. The fourth-order valence-corrected chi connectivity index (χ4v) is 1.79. The van der Waals surface area contributed by atoms with Crippen molar-refractivity contribution in [3.63, 3.8) is 0 Å². The second-order valence-corrected chi connectivity index (χ2v) is 5.89. The Hall–Kier alpha value is -0.370. The van der Waals surface area contributed by atoms with Crippen LogP contribution in [0.25, 0.3) is 0 Å². The van der Waals surface area contributed by atoms with Gasteiger partial charge in [-0.3, -0.25) is 0 Å². The Labute approximate surface area is 94.1 Å². The third-order valence-electron chi connectivity index (χ3n) is 2.82. The van der Waals surface area contributed by atoms with Gasteiger partial charge in [0.1, 0.15) is 6.29 Å². The summed E-state index contributed by atoms with van der Waals surface area (Å²) < 4.78 is 0. The molecule has 0 saturated heterocycles. The second-order valence-electron chi connectivity index (χ2n) is 5.89. The highest BCUT2D eigenvalue weighted by Crippen LogP contribution is 2.30. The molecule has 15 heavy (non-hydrogen) atoms. The first-order valence-electron chi connectivity index (χ1n) is 5.93. The van der Waals surface area contributed by atoms with Crippen molar-refractivity contribution in [2.75, 3.05) is 0 Å². The summed E-state index contributed by atoms with van der Waals surface area (Å²) in [7, 11) is 0. The fraction of sp³-hybridized carbons (Fsp3) is 0.923. The smallest absolute Gasteiger partial charge is 0.119 e. The van der Waals surface area contributed by atoms with Crippen molar-refractivity contribution in [2.45, 2.75) is 71.8 Å². The molecule has 0 heterocycles. The Morgan fingerprint density at radius 1 is 1.00 bits per heavy atom. The first-order valence-corrected chi connectivity index (χ1v) is 5.93. The molecule has 2 heteroatoms. The maximum atomic E-state index is 10.2. The van der Waals surface area contributed by atoms with Gasteiger partial charge in [0, 0.05) is 6.42 Å². The molecule has 0 aromatic carbocycles. The van der Waals surface area contributed by atoms with Crippen molar-refractivity contribution < 1.29 is 9.90 Å². The summed E-state index contributed by atoms with van der Waals surface area (Å²) >= 11 is 0. The topological polar surface area (TPSA) is 37.3 Å². The van der Waals surface area contributed by atoms with Crippen LogP contribution in [0.2, 0.25) is 0 Å². The largest absolute Gasteiger partial charge is 0.390 e. The van der Waals surface area contributed by atoms with Crippen LogP contribution in [0.3, 0.4) is 0 Å². The monoisotopic (exact) mass is 214 g/mol. The molecular weight excluding hydrogens is 188 g/mol. The predicted molar refractivity (Wildman–Crippen MR) is 63.8 cm³/mol. The van der Waals surface area contributed by atoms with Crippen molar-refractivity contribution in [3.8, 4) is 0 Å². The van der Waals surface area contributed by atoms with Gasteiger partial charge in [-0.1, -0.05) is 20.3 Å². The minimum atomic E-state index is -0.543. The minimum absolute atomic E-state index is 0.300. The van der Waals surface area contributed by atoms with Gasteiger partial charge in [-0.15, -0.1) is 0 Å².